The van der Waals surface area contributed by atoms with E-state index in [1.54, 1.807) is 0 Å². The Morgan fingerprint density at radius 3 is 2.50 bits per heavy atom. The van der Waals surface area contributed by atoms with E-state index in [0.717, 1.165) is 19.1 Å². The maximum Gasteiger partial charge on any atom is 0.191 e. The quantitative estimate of drug-likeness (QED) is 0.770. The zero-order chi connectivity index (χ0) is 12.4. The van der Waals surface area contributed by atoms with Crippen LogP contribution in [0.5, 0.6) is 0 Å². The molecule has 96 valence electrons. The Kier molecular flexibility index (Phi) is 4.61. The number of hydrogen-bond acceptors (Lipinski definition) is 2. The summed E-state index contributed by atoms with van der Waals surface area (Å²) in [6.07, 6.45) is 2.55. The van der Waals surface area contributed by atoms with E-state index < -0.39 is 8.32 Å². The molecule has 0 aromatic rings. The lowest BCUT2D eigenvalue weighted by Crippen LogP contribution is -2.44. The van der Waals surface area contributed by atoms with Gasteiger partial charge >= 0.3 is 0 Å². The maximum absolute atomic E-state index is 6.29. The molecule has 0 amide bonds. The van der Waals surface area contributed by atoms with Crippen molar-refractivity contribution in [1.82, 2.24) is 5.32 Å². The predicted octanol–water partition coefficient (Wildman–Crippen LogP) is 3.40. The van der Waals surface area contributed by atoms with Gasteiger partial charge in [0, 0.05) is 12.6 Å². The predicted molar refractivity (Wildman–Crippen MR) is 73.3 cm³/mol. The highest BCUT2D eigenvalue weighted by atomic mass is 28.4. The summed E-state index contributed by atoms with van der Waals surface area (Å²) in [7, 11) is -1.53. The highest BCUT2D eigenvalue weighted by Crippen LogP contribution is 2.37. The largest absolute Gasteiger partial charge is 0.417 e. The SMILES string of the molecule is C[14CH]1CC(CO[Si](C)(C)C(C)(C)C)CCN1. The molecule has 0 radical (unpaired) electrons. The van der Waals surface area contributed by atoms with Crippen LogP contribution in [0.25, 0.3) is 0 Å². The summed E-state index contributed by atoms with van der Waals surface area (Å²) >= 11 is 0. The van der Waals surface area contributed by atoms with Gasteiger partial charge in [-0.1, -0.05) is 20.8 Å². The molecule has 2 unspecified atom stereocenters. The van der Waals surface area contributed by atoms with Crippen molar-refractivity contribution >= 4 is 8.32 Å². The van der Waals surface area contributed by atoms with Crippen molar-refractivity contribution in [2.24, 2.45) is 5.92 Å². The summed E-state index contributed by atoms with van der Waals surface area (Å²) in [4.78, 5) is 0. The Morgan fingerprint density at radius 1 is 1.38 bits per heavy atom. The normalized spacial score (nSPS) is 28.1. The molecule has 0 aromatic carbocycles. The van der Waals surface area contributed by atoms with Crippen LogP contribution in [0.1, 0.15) is 40.5 Å². The van der Waals surface area contributed by atoms with E-state index >= 15 is 0 Å². The fraction of sp³-hybridized carbons (Fsp3) is 1.00. The van der Waals surface area contributed by atoms with Crippen molar-refractivity contribution in [3.63, 3.8) is 0 Å². The first-order valence-corrected chi connectivity index (χ1v) is 9.50. The molecule has 1 fully saturated rings. The van der Waals surface area contributed by atoms with E-state index in [9.17, 15) is 0 Å². The van der Waals surface area contributed by atoms with Crippen molar-refractivity contribution in [2.75, 3.05) is 13.2 Å². The van der Waals surface area contributed by atoms with Crippen molar-refractivity contribution in [2.45, 2.75) is 64.7 Å². The summed E-state index contributed by atoms with van der Waals surface area (Å²) < 4.78 is 6.29. The molecule has 16 heavy (non-hydrogen) atoms. The van der Waals surface area contributed by atoms with Crippen LogP contribution in [0.2, 0.25) is 18.1 Å². The van der Waals surface area contributed by atoms with Gasteiger partial charge in [0.25, 0.3) is 0 Å². The van der Waals surface area contributed by atoms with Crippen LogP contribution in [0.4, 0.5) is 0 Å². The van der Waals surface area contributed by atoms with Gasteiger partial charge in [-0.3, -0.25) is 0 Å². The van der Waals surface area contributed by atoms with E-state index in [1.807, 2.05) is 0 Å². The number of hydrogen-bond donors (Lipinski definition) is 1. The Hall–Kier alpha value is 0.137. The fourth-order valence-corrected chi connectivity index (χ4v) is 3.01. The third-order valence-electron chi connectivity index (χ3n) is 4.22. The molecular weight excluding hydrogens is 216 g/mol. The topological polar surface area (TPSA) is 21.3 Å². The number of nitrogens with one attached hydrogen (secondary N) is 1. The molecule has 0 aromatic heterocycles. The molecular formula is C13H29NOSi. The molecule has 0 bridgehead atoms. The second kappa shape index (κ2) is 5.19. The first kappa shape index (κ1) is 14.2. The standard InChI is InChI=1S/C13H29NOSi/c1-11-9-12(7-8-14-11)10-15-16(5,6)13(2,3)4/h11-12,14H,7-10H2,1-6H3/i11+2. The van der Waals surface area contributed by atoms with Crippen LogP contribution in [0.3, 0.4) is 0 Å². The van der Waals surface area contributed by atoms with Gasteiger partial charge in [-0.05, 0) is 50.4 Å². The van der Waals surface area contributed by atoms with Gasteiger partial charge in [-0.25, -0.2) is 0 Å². The monoisotopic (exact) mass is 245 g/mol. The second-order valence-electron chi connectivity index (χ2n) is 6.82. The number of piperidine rings is 1. The zero-order valence-corrected chi connectivity index (χ0v) is 12.9. The molecule has 1 saturated heterocycles. The van der Waals surface area contributed by atoms with E-state index in [-0.39, 0.29) is 0 Å². The first-order chi connectivity index (χ1) is 7.22. The van der Waals surface area contributed by atoms with Crippen molar-refractivity contribution in [1.29, 1.82) is 0 Å². The smallest absolute Gasteiger partial charge is 0.191 e. The van der Waals surface area contributed by atoms with Crippen LogP contribution in [-0.4, -0.2) is 27.5 Å². The van der Waals surface area contributed by atoms with Crippen LogP contribution in [0, 0.1) is 5.92 Å². The average Bonchev–Trinajstić information content (AvgIpc) is 2.13. The van der Waals surface area contributed by atoms with Crippen molar-refractivity contribution in [3.05, 3.63) is 0 Å². The Morgan fingerprint density at radius 2 is 2.00 bits per heavy atom. The van der Waals surface area contributed by atoms with Crippen LogP contribution in [-0.2, 0) is 4.43 Å². The molecule has 3 heteroatoms. The summed E-state index contributed by atoms with van der Waals surface area (Å²) in [6.45, 7) is 16.0. The number of rotatable bonds is 3. The van der Waals surface area contributed by atoms with E-state index in [4.69, 9.17) is 4.43 Å². The van der Waals surface area contributed by atoms with Gasteiger partial charge in [-0.15, -0.1) is 0 Å². The van der Waals surface area contributed by atoms with E-state index in [1.165, 1.54) is 12.8 Å². The van der Waals surface area contributed by atoms with Crippen LogP contribution >= 0.6 is 0 Å². The minimum atomic E-state index is -1.53. The Balaban J connectivity index is 2.39. The molecule has 1 rings (SSSR count). The molecule has 0 spiro atoms. The van der Waals surface area contributed by atoms with Gasteiger partial charge in [0.1, 0.15) is 0 Å². The van der Waals surface area contributed by atoms with Gasteiger partial charge in [0.2, 0.25) is 0 Å². The lowest BCUT2D eigenvalue weighted by molar-refractivity contribution is 0.183. The van der Waals surface area contributed by atoms with E-state index in [2.05, 4.69) is 46.1 Å². The van der Waals surface area contributed by atoms with Gasteiger partial charge in [0.15, 0.2) is 8.32 Å². The lowest BCUT2D eigenvalue weighted by atomic mass is 10.1. The first-order valence-electron chi connectivity index (χ1n) is 6.60. The molecule has 0 saturated carbocycles. The van der Waals surface area contributed by atoms with E-state index in [0.29, 0.717) is 11.1 Å². The molecule has 1 aliphatic rings. The third-order valence-corrected chi connectivity index (χ3v) is 8.72. The molecule has 2 atom stereocenters. The Labute approximate surface area is 102 Å². The van der Waals surface area contributed by atoms with Gasteiger partial charge < -0.3 is 9.74 Å². The van der Waals surface area contributed by atoms with Crippen LogP contribution < -0.4 is 5.32 Å². The van der Waals surface area contributed by atoms with Gasteiger partial charge in [-0.2, -0.15) is 0 Å². The minimum Gasteiger partial charge on any atom is -0.417 e. The molecule has 2 nitrogen and oxygen atoms in total. The average molecular weight is 245 g/mol. The highest BCUT2D eigenvalue weighted by molar-refractivity contribution is 6.74. The molecule has 0 aliphatic carbocycles. The molecule has 1 N–H and O–H groups in total. The third kappa shape index (κ3) is 3.86. The zero-order valence-electron chi connectivity index (χ0n) is 11.9. The maximum atomic E-state index is 6.29. The molecule has 1 aliphatic heterocycles. The van der Waals surface area contributed by atoms with Crippen LogP contribution in [0.15, 0.2) is 0 Å². The molecule has 1 heterocycles. The fourth-order valence-electron chi connectivity index (χ4n) is 1.93. The lowest BCUT2D eigenvalue weighted by Gasteiger charge is -2.38. The minimum absolute atomic E-state index is 0.339. The summed E-state index contributed by atoms with van der Waals surface area (Å²) in [5, 5.41) is 3.83. The van der Waals surface area contributed by atoms with Crippen molar-refractivity contribution < 1.29 is 4.43 Å². The Bertz CT molecular complexity index is 222. The van der Waals surface area contributed by atoms with Gasteiger partial charge in [0.05, 0.1) is 0 Å². The second-order valence-corrected chi connectivity index (χ2v) is 11.6. The summed E-state index contributed by atoms with van der Waals surface area (Å²) in [6, 6.07) is 0.668. The summed E-state index contributed by atoms with van der Waals surface area (Å²) in [5.41, 5.74) is 0. The van der Waals surface area contributed by atoms with Crippen molar-refractivity contribution in [3.8, 4) is 0 Å². The summed E-state index contributed by atoms with van der Waals surface area (Å²) in [5.74, 6) is 0.769. The highest BCUT2D eigenvalue weighted by Gasteiger charge is 2.37.